The van der Waals surface area contributed by atoms with E-state index in [9.17, 15) is 24.3 Å². The molecule has 4 amide bonds. The predicted octanol–water partition coefficient (Wildman–Crippen LogP) is 0.205. The predicted molar refractivity (Wildman–Crippen MR) is 104 cm³/mol. The van der Waals surface area contributed by atoms with Crippen LogP contribution in [0.2, 0.25) is 0 Å². The minimum absolute atomic E-state index is 0.00788. The fourth-order valence-electron chi connectivity index (χ4n) is 5.22. The first kappa shape index (κ1) is 20.1. The average molecular weight is 431 g/mol. The summed E-state index contributed by atoms with van der Waals surface area (Å²) in [6, 6.07) is 1.26. The van der Waals surface area contributed by atoms with Crippen LogP contribution in [0.15, 0.2) is 12.1 Å². The number of carbonyl (C=O) groups is 4. The molecule has 5 rings (SSSR count). The molecule has 0 saturated carbocycles. The van der Waals surface area contributed by atoms with E-state index >= 15 is 4.39 Å². The van der Waals surface area contributed by atoms with Crippen LogP contribution in [0.4, 0.5) is 10.1 Å². The summed E-state index contributed by atoms with van der Waals surface area (Å²) in [4.78, 5) is 52.5. The second-order valence-corrected chi connectivity index (χ2v) is 8.64. The van der Waals surface area contributed by atoms with E-state index in [4.69, 9.17) is 4.74 Å². The van der Waals surface area contributed by atoms with Gasteiger partial charge in [0.15, 0.2) is 0 Å². The molecular formula is C21H22FN3O6. The SMILES string of the molecule is O=C1CCC(N2C(=O)c3ccc(F)c(N4CC(O)C5(CCOCC5)C4)c3C2=O)C(=O)N1. The van der Waals surface area contributed by atoms with Gasteiger partial charge in [-0.25, -0.2) is 4.39 Å². The maximum Gasteiger partial charge on any atom is 0.264 e. The van der Waals surface area contributed by atoms with Gasteiger partial charge in [-0.05, 0) is 31.4 Å². The summed E-state index contributed by atoms with van der Waals surface area (Å²) in [5, 5.41) is 12.9. The highest BCUT2D eigenvalue weighted by molar-refractivity contribution is 6.25. The Labute approximate surface area is 177 Å². The van der Waals surface area contributed by atoms with Crippen LogP contribution in [0.5, 0.6) is 0 Å². The van der Waals surface area contributed by atoms with Crippen molar-refractivity contribution in [3.05, 3.63) is 29.1 Å². The van der Waals surface area contributed by atoms with Crippen LogP contribution in [0.25, 0.3) is 0 Å². The van der Waals surface area contributed by atoms with Crippen molar-refractivity contribution in [2.75, 3.05) is 31.2 Å². The number of halogens is 1. The van der Waals surface area contributed by atoms with Gasteiger partial charge in [-0.1, -0.05) is 0 Å². The summed E-state index contributed by atoms with van der Waals surface area (Å²) in [5.74, 6) is -3.29. The molecule has 10 heteroatoms. The third kappa shape index (κ3) is 2.96. The number of nitrogens with zero attached hydrogens (tertiary/aromatic N) is 2. The standard InChI is InChI=1S/C21H22FN3O6/c22-12-2-1-11-16(17(12)24-9-14(26)21(10-24)5-7-31-8-6-21)20(30)25(19(11)29)13-3-4-15(27)23-18(13)28/h1-2,13-14,26H,3-10H2,(H,23,27,28). The molecule has 2 atom stereocenters. The molecule has 31 heavy (non-hydrogen) atoms. The topological polar surface area (TPSA) is 116 Å². The van der Waals surface area contributed by atoms with E-state index in [-0.39, 0.29) is 36.2 Å². The minimum Gasteiger partial charge on any atom is -0.391 e. The zero-order valence-electron chi connectivity index (χ0n) is 16.7. The molecule has 2 N–H and O–H groups in total. The third-order valence-electron chi connectivity index (χ3n) is 6.94. The first-order valence-corrected chi connectivity index (χ1v) is 10.4. The van der Waals surface area contributed by atoms with E-state index < -0.39 is 47.0 Å². The van der Waals surface area contributed by atoms with Crippen LogP contribution < -0.4 is 10.2 Å². The number of fused-ring (bicyclic) bond motifs is 1. The number of rotatable bonds is 2. The van der Waals surface area contributed by atoms with Gasteiger partial charge in [-0.2, -0.15) is 0 Å². The van der Waals surface area contributed by atoms with Gasteiger partial charge in [0.2, 0.25) is 11.8 Å². The van der Waals surface area contributed by atoms with Crippen molar-refractivity contribution in [3.63, 3.8) is 0 Å². The van der Waals surface area contributed by atoms with Crippen LogP contribution in [-0.4, -0.2) is 72.1 Å². The van der Waals surface area contributed by atoms with Crippen LogP contribution in [0.1, 0.15) is 46.4 Å². The van der Waals surface area contributed by atoms with Crippen molar-refractivity contribution in [2.45, 2.75) is 37.8 Å². The second kappa shape index (κ2) is 7.10. The minimum atomic E-state index is -1.12. The molecule has 4 heterocycles. The summed E-state index contributed by atoms with van der Waals surface area (Å²) in [5.41, 5.74) is -0.546. The molecule has 9 nitrogen and oxygen atoms in total. The fraction of sp³-hybridized carbons (Fsp3) is 0.524. The van der Waals surface area contributed by atoms with E-state index in [0.29, 0.717) is 32.6 Å². The molecule has 1 spiro atoms. The first-order valence-electron chi connectivity index (χ1n) is 10.4. The van der Waals surface area contributed by atoms with Gasteiger partial charge in [0.05, 0.1) is 22.9 Å². The number of piperidine rings is 1. The van der Waals surface area contributed by atoms with Crippen LogP contribution in [-0.2, 0) is 14.3 Å². The Hall–Kier alpha value is -2.85. The molecule has 2 unspecified atom stereocenters. The van der Waals surface area contributed by atoms with Crippen molar-refractivity contribution in [2.24, 2.45) is 5.41 Å². The van der Waals surface area contributed by atoms with Crippen LogP contribution >= 0.6 is 0 Å². The zero-order valence-corrected chi connectivity index (χ0v) is 16.7. The molecule has 4 aliphatic heterocycles. The highest BCUT2D eigenvalue weighted by atomic mass is 19.1. The molecule has 3 saturated heterocycles. The lowest BCUT2D eigenvalue weighted by molar-refractivity contribution is -0.136. The fourth-order valence-corrected chi connectivity index (χ4v) is 5.22. The van der Waals surface area contributed by atoms with E-state index in [1.54, 1.807) is 4.90 Å². The number of aliphatic hydroxyl groups excluding tert-OH is 1. The Kier molecular flexibility index (Phi) is 4.60. The Bertz CT molecular complexity index is 1010. The van der Waals surface area contributed by atoms with Gasteiger partial charge in [0.1, 0.15) is 11.9 Å². The van der Waals surface area contributed by atoms with Crippen molar-refractivity contribution in [1.29, 1.82) is 0 Å². The lowest BCUT2D eigenvalue weighted by atomic mass is 9.77. The van der Waals surface area contributed by atoms with Gasteiger partial charge >= 0.3 is 0 Å². The Balaban J connectivity index is 1.51. The summed E-state index contributed by atoms with van der Waals surface area (Å²) >= 11 is 0. The summed E-state index contributed by atoms with van der Waals surface area (Å²) < 4.78 is 20.4. The Morgan fingerprint density at radius 3 is 2.58 bits per heavy atom. The number of β-amino-alcohol motifs (C(OH)–C–C–N with tert-alkyl or cyclic N) is 1. The van der Waals surface area contributed by atoms with Gasteiger partial charge < -0.3 is 14.7 Å². The summed E-state index contributed by atoms with van der Waals surface area (Å²) in [6.07, 6.45) is 0.561. The zero-order chi connectivity index (χ0) is 21.9. The molecule has 3 fully saturated rings. The van der Waals surface area contributed by atoms with E-state index in [1.807, 2.05) is 0 Å². The monoisotopic (exact) mass is 431 g/mol. The van der Waals surface area contributed by atoms with Gasteiger partial charge in [-0.15, -0.1) is 0 Å². The smallest absolute Gasteiger partial charge is 0.264 e. The van der Waals surface area contributed by atoms with Crippen LogP contribution in [0, 0.1) is 11.2 Å². The lowest BCUT2D eigenvalue weighted by Gasteiger charge is -2.35. The Morgan fingerprint density at radius 2 is 1.87 bits per heavy atom. The highest BCUT2D eigenvalue weighted by Crippen LogP contribution is 2.44. The van der Waals surface area contributed by atoms with E-state index in [1.165, 1.54) is 6.07 Å². The lowest BCUT2D eigenvalue weighted by Crippen LogP contribution is -2.54. The second-order valence-electron chi connectivity index (χ2n) is 8.64. The van der Waals surface area contributed by atoms with Crippen LogP contribution in [0.3, 0.4) is 0 Å². The summed E-state index contributed by atoms with van der Waals surface area (Å²) in [7, 11) is 0. The van der Waals surface area contributed by atoms with Crippen molar-refractivity contribution < 1.29 is 33.4 Å². The molecule has 0 aromatic heterocycles. The Morgan fingerprint density at radius 1 is 1.13 bits per heavy atom. The van der Waals surface area contributed by atoms with Gasteiger partial charge in [-0.3, -0.25) is 29.4 Å². The normalized spacial score (nSPS) is 27.8. The summed E-state index contributed by atoms with van der Waals surface area (Å²) in [6.45, 7) is 1.47. The van der Waals surface area contributed by atoms with Crippen molar-refractivity contribution in [3.8, 4) is 0 Å². The number of carbonyl (C=O) groups excluding carboxylic acids is 4. The van der Waals surface area contributed by atoms with Crippen molar-refractivity contribution >= 4 is 29.3 Å². The number of ether oxygens (including phenoxy) is 1. The maximum absolute atomic E-state index is 15.0. The molecule has 1 aromatic rings. The molecule has 0 bridgehead atoms. The third-order valence-corrected chi connectivity index (χ3v) is 6.94. The van der Waals surface area contributed by atoms with Crippen molar-refractivity contribution in [1.82, 2.24) is 10.2 Å². The molecule has 164 valence electrons. The first-order chi connectivity index (χ1) is 14.8. The van der Waals surface area contributed by atoms with Gasteiger partial charge in [0.25, 0.3) is 11.8 Å². The number of amides is 4. The number of benzene rings is 1. The number of imide groups is 2. The van der Waals surface area contributed by atoms with Gasteiger partial charge in [0, 0.05) is 38.1 Å². The van der Waals surface area contributed by atoms with E-state index in [0.717, 1.165) is 11.0 Å². The maximum atomic E-state index is 15.0. The highest BCUT2D eigenvalue weighted by Gasteiger charge is 2.51. The van der Waals surface area contributed by atoms with E-state index in [2.05, 4.69) is 5.32 Å². The number of aliphatic hydroxyl groups is 1. The molecule has 1 aromatic carbocycles. The number of anilines is 1. The largest absolute Gasteiger partial charge is 0.391 e. The molecular weight excluding hydrogens is 409 g/mol. The molecule has 0 aliphatic carbocycles. The molecule has 4 aliphatic rings. The number of nitrogens with one attached hydrogen (secondary N) is 1. The number of hydrogen-bond donors (Lipinski definition) is 2. The average Bonchev–Trinajstić information content (AvgIpc) is 3.17. The quantitative estimate of drug-likeness (QED) is 0.643. The number of hydrogen-bond acceptors (Lipinski definition) is 7. The molecule has 0 radical (unpaired) electrons.